The van der Waals surface area contributed by atoms with E-state index in [1.807, 2.05) is 0 Å². The number of carbonyl (C=O) groups excluding carboxylic acids is 1. The van der Waals surface area contributed by atoms with Gasteiger partial charge in [-0.15, -0.1) is 0 Å². The summed E-state index contributed by atoms with van der Waals surface area (Å²) in [5.41, 5.74) is -0.0829. The number of hydrogen-bond acceptors (Lipinski definition) is 3. The average molecular weight is 269 g/mol. The van der Waals surface area contributed by atoms with Crippen molar-refractivity contribution in [1.29, 1.82) is 0 Å². The lowest BCUT2D eigenvalue weighted by Crippen LogP contribution is -2.49. The third-order valence-corrected chi connectivity index (χ3v) is 4.12. The van der Waals surface area contributed by atoms with Gasteiger partial charge in [0.25, 0.3) is 0 Å². The van der Waals surface area contributed by atoms with Crippen LogP contribution < -0.4 is 10.6 Å². The molecule has 0 saturated carbocycles. The van der Waals surface area contributed by atoms with Crippen LogP contribution in [0.2, 0.25) is 0 Å². The SMILES string of the molecule is CCNCC1CCN(CC(=O)NC(C)(C)CC)CC1. The molecule has 0 atom stereocenters. The summed E-state index contributed by atoms with van der Waals surface area (Å²) in [7, 11) is 0. The van der Waals surface area contributed by atoms with Crippen molar-refractivity contribution in [3.63, 3.8) is 0 Å². The molecule has 0 aromatic carbocycles. The maximum atomic E-state index is 12.0. The van der Waals surface area contributed by atoms with E-state index in [4.69, 9.17) is 0 Å². The van der Waals surface area contributed by atoms with Crippen LogP contribution in [0.4, 0.5) is 0 Å². The summed E-state index contributed by atoms with van der Waals surface area (Å²) in [5.74, 6) is 0.948. The highest BCUT2D eigenvalue weighted by Crippen LogP contribution is 2.16. The fourth-order valence-electron chi connectivity index (χ4n) is 2.41. The van der Waals surface area contributed by atoms with Crippen LogP contribution in [0.25, 0.3) is 0 Å². The number of amides is 1. The molecular formula is C15H31N3O. The molecule has 0 radical (unpaired) electrons. The predicted molar refractivity (Wildman–Crippen MR) is 80.2 cm³/mol. The largest absolute Gasteiger partial charge is 0.350 e. The van der Waals surface area contributed by atoms with Gasteiger partial charge in [0.1, 0.15) is 0 Å². The Labute approximate surface area is 118 Å². The summed E-state index contributed by atoms with van der Waals surface area (Å²) in [5, 5.41) is 6.52. The number of hydrogen-bond donors (Lipinski definition) is 2. The molecule has 112 valence electrons. The zero-order chi connectivity index (χ0) is 14.3. The number of piperidine rings is 1. The Morgan fingerprint density at radius 3 is 2.42 bits per heavy atom. The van der Waals surface area contributed by atoms with Crippen molar-refractivity contribution in [3.05, 3.63) is 0 Å². The molecule has 0 spiro atoms. The van der Waals surface area contributed by atoms with E-state index in [1.165, 1.54) is 12.8 Å². The summed E-state index contributed by atoms with van der Waals surface area (Å²) < 4.78 is 0. The van der Waals surface area contributed by atoms with Gasteiger partial charge in [-0.1, -0.05) is 13.8 Å². The molecule has 4 heteroatoms. The summed E-state index contributed by atoms with van der Waals surface area (Å²) in [6, 6.07) is 0. The Morgan fingerprint density at radius 1 is 1.26 bits per heavy atom. The second-order valence-electron chi connectivity index (χ2n) is 6.31. The van der Waals surface area contributed by atoms with Gasteiger partial charge < -0.3 is 10.6 Å². The smallest absolute Gasteiger partial charge is 0.234 e. The summed E-state index contributed by atoms with van der Waals surface area (Å²) >= 11 is 0. The summed E-state index contributed by atoms with van der Waals surface area (Å²) in [6.07, 6.45) is 3.37. The van der Waals surface area contributed by atoms with Gasteiger partial charge in [-0.3, -0.25) is 9.69 Å². The zero-order valence-electron chi connectivity index (χ0n) is 13.1. The van der Waals surface area contributed by atoms with Crippen LogP contribution in [-0.4, -0.2) is 49.1 Å². The molecule has 1 heterocycles. The van der Waals surface area contributed by atoms with Gasteiger partial charge in [0, 0.05) is 5.54 Å². The van der Waals surface area contributed by atoms with Gasteiger partial charge in [0.15, 0.2) is 0 Å². The van der Waals surface area contributed by atoms with Crippen LogP contribution in [0.15, 0.2) is 0 Å². The molecule has 0 aromatic heterocycles. The van der Waals surface area contributed by atoms with E-state index in [0.717, 1.165) is 38.5 Å². The van der Waals surface area contributed by atoms with Crippen molar-refractivity contribution in [2.45, 2.75) is 52.5 Å². The predicted octanol–water partition coefficient (Wildman–Crippen LogP) is 1.61. The first kappa shape index (κ1) is 16.4. The van der Waals surface area contributed by atoms with Gasteiger partial charge in [-0.25, -0.2) is 0 Å². The molecule has 4 nitrogen and oxygen atoms in total. The lowest BCUT2D eigenvalue weighted by molar-refractivity contribution is -0.124. The molecular weight excluding hydrogens is 238 g/mol. The lowest BCUT2D eigenvalue weighted by Gasteiger charge is -2.33. The number of nitrogens with one attached hydrogen (secondary N) is 2. The van der Waals surface area contributed by atoms with Crippen molar-refractivity contribution >= 4 is 5.91 Å². The van der Waals surface area contributed by atoms with E-state index in [2.05, 4.69) is 43.2 Å². The number of nitrogens with zero attached hydrogens (tertiary/aromatic N) is 1. The fourth-order valence-corrected chi connectivity index (χ4v) is 2.41. The second-order valence-corrected chi connectivity index (χ2v) is 6.31. The molecule has 0 bridgehead atoms. The van der Waals surface area contributed by atoms with Crippen molar-refractivity contribution in [1.82, 2.24) is 15.5 Å². The Kier molecular flexibility index (Phi) is 6.80. The zero-order valence-corrected chi connectivity index (χ0v) is 13.1. The quantitative estimate of drug-likeness (QED) is 0.738. The molecule has 1 aliphatic rings. The van der Waals surface area contributed by atoms with Crippen LogP contribution >= 0.6 is 0 Å². The molecule has 19 heavy (non-hydrogen) atoms. The molecule has 0 aliphatic carbocycles. The Hall–Kier alpha value is -0.610. The second kappa shape index (κ2) is 7.85. The Bertz CT molecular complexity index is 271. The van der Waals surface area contributed by atoms with Gasteiger partial charge in [0.05, 0.1) is 6.54 Å². The van der Waals surface area contributed by atoms with Gasteiger partial charge >= 0.3 is 0 Å². The van der Waals surface area contributed by atoms with Gasteiger partial charge in [0.2, 0.25) is 5.91 Å². The van der Waals surface area contributed by atoms with Crippen molar-refractivity contribution in [2.75, 3.05) is 32.7 Å². The standard InChI is InChI=1S/C15H31N3O/c1-5-15(3,4)17-14(19)12-18-9-7-13(8-10-18)11-16-6-2/h13,16H,5-12H2,1-4H3,(H,17,19). The average Bonchev–Trinajstić information content (AvgIpc) is 2.37. The number of likely N-dealkylation sites (tertiary alicyclic amines) is 1. The first-order chi connectivity index (χ1) is 8.96. The van der Waals surface area contributed by atoms with E-state index in [1.54, 1.807) is 0 Å². The van der Waals surface area contributed by atoms with Crippen molar-refractivity contribution < 1.29 is 4.79 Å². The molecule has 2 N–H and O–H groups in total. The van der Waals surface area contributed by atoms with E-state index >= 15 is 0 Å². The Balaban J connectivity index is 2.23. The summed E-state index contributed by atoms with van der Waals surface area (Å²) in [4.78, 5) is 14.3. The van der Waals surface area contributed by atoms with Crippen molar-refractivity contribution in [2.24, 2.45) is 5.92 Å². The number of carbonyl (C=O) groups is 1. The molecule has 1 amide bonds. The molecule has 1 rings (SSSR count). The monoisotopic (exact) mass is 269 g/mol. The highest BCUT2D eigenvalue weighted by Gasteiger charge is 2.23. The maximum Gasteiger partial charge on any atom is 0.234 e. The van der Waals surface area contributed by atoms with E-state index < -0.39 is 0 Å². The minimum absolute atomic E-state index is 0.0829. The first-order valence-electron chi connectivity index (χ1n) is 7.71. The van der Waals surface area contributed by atoms with Crippen LogP contribution in [-0.2, 0) is 4.79 Å². The van der Waals surface area contributed by atoms with Crippen LogP contribution in [0.3, 0.4) is 0 Å². The highest BCUT2D eigenvalue weighted by atomic mass is 16.2. The topological polar surface area (TPSA) is 44.4 Å². The minimum Gasteiger partial charge on any atom is -0.350 e. The molecule has 1 saturated heterocycles. The van der Waals surface area contributed by atoms with Crippen LogP contribution in [0, 0.1) is 5.92 Å². The van der Waals surface area contributed by atoms with E-state index in [0.29, 0.717) is 6.54 Å². The number of rotatable bonds is 7. The van der Waals surface area contributed by atoms with Crippen molar-refractivity contribution in [3.8, 4) is 0 Å². The summed E-state index contributed by atoms with van der Waals surface area (Å²) in [6.45, 7) is 13.2. The van der Waals surface area contributed by atoms with E-state index in [-0.39, 0.29) is 11.4 Å². The maximum absolute atomic E-state index is 12.0. The van der Waals surface area contributed by atoms with Crippen LogP contribution in [0.5, 0.6) is 0 Å². The molecule has 1 aliphatic heterocycles. The third kappa shape index (κ3) is 6.39. The fraction of sp³-hybridized carbons (Fsp3) is 0.933. The molecule has 0 unspecified atom stereocenters. The molecule has 0 aromatic rings. The van der Waals surface area contributed by atoms with Gasteiger partial charge in [-0.05, 0) is 65.2 Å². The van der Waals surface area contributed by atoms with Gasteiger partial charge in [-0.2, -0.15) is 0 Å². The van der Waals surface area contributed by atoms with Crippen LogP contribution in [0.1, 0.15) is 47.0 Å². The third-order valence-electron chi connectivity index (χ3n) is 4.12. The minimum atomic E-state index is -0.0829. The Morgan fingerprint density at radius 2 is 1.89 bits per heavy atom. The highest BCUT2D eigenvalue weighted by molar-refractivity contribution is 5.78. The lowest BCUT2D eigenvalue weighted by atomic mass is 9.96. The van der Waals surface area contributed by atoms with E-state index in [9.17, 15) is 4.79 Å². The normalized spacial score (nSPS) is 18.5. The molecule has 1 fully saturated rings. The first-order valence-corrected chi connectivity index (χ1v) is 7.71.